The minimum Gasteiger partial charge on any atom is -0.570 e. The molecule has 1 aliphatic heterocycles. The predicted octanol–water partition coefficient (Wildman–Crippen LogP) is 2.72. The summed E-state index contributed by atoms with van der Waals surface area (Å²) in [5.74, 6) is -0.576. The van der Waals surface area contributed by atoms with E-state index in [1.807, 2.05) is 54.6 Å². The van der Waals surface area contributed by atoms with Gasteiger partial charge in [-0.15, -0.1) is 10.7 Å². The molecule has 0 radical (unpaired) electrons. The van der Waals surface area contributed by atoms with Gasteiger partial charge >= 0.3 is 27.0 Å². The van der Waals surface area contributed by atoms with Gasteiger partial charge in [-0.05, 0) is 36.2 Å². The van der Waals surface area contributed by atoms with E-state index in [1.54, 1.807) is 18.1 Å². The second-order valence-electron chi connectivity index (χ2n) is 9.20. The Balaban J connectivity index is 0.00000484. The van der Waals surface area contributed by atoms with Crippen molar-refractivity contribution >= 4 is 18.1 Å². The number of carboxylic acid groups (broad SMARTS) is 1. The van der Waals surface area contributed by atoms with Gasteiger partial charge in [0.1, 0.15) is 18.1 Å². The SMILES string of the molecule is COC(=[C-]NCC(=O)O)N=[C-]c1nnc(C(=O)N2CCC(OC)C2)cc1Cc1ccc(OCc2ccccc2)cc1.[W+2]. The largest absolute Gasteiger partial charge is 2.00 e. The number of rotatable bonds is 13. The summed E-state index contributed by atoms with van der Waals surface area (Å²) < 4.78 is 16.4. The van der Waals surface area contributed by atoms with E-state index in [-0.39, 0.29) is 51.2 Å². The first-order valence-corrected chi connectivity index (χ1v) is 13.0. The number of nitrogens with zero attached hydrogens (tertiary/aromatic N) is 4. The van der Waals surface area contributed by atoms with Crippen molar-refractivity contribution < 1.29 is 50.0 Å². The third kappa shape index (κ3) is 9.49. The standard InChI is InChI=1S/C30H31N5O6.W/c1-39-25-12-13-35(19-25)30(38)26-15-23(27(34-33-26)16-32-28(40-2)17-31-18-29(36)37)14-21-8-10-24(11-9-21)41-20-22-6-4-3-5-7-22;/h3-11,15,25,31H,12-14,18-20H2,1-2H3,(H,36,37);/q-2;+2. The van der Waals surface area contributed by atoms with Crippen LogP contribution in [0.15, 0.2) is 71.5 Å². The van der Waals surface area contributed by atoms with Gasteiger partial charge in [0.2, 0.25) is 0 Å². The molecular formula is C30H31N5O6W. The van der Waals surface area contributed by atoms with Crippen LogP contribution >= 0.6 is 0 Å². The van der Waals surface area contributed by atoms with Crippen LogP contribution in [0.5, 0.6) is 5.75 Å². The number of carbonyl (C=O) groups is 2. The molecule has 1 unspecified atom stereocenters. The Morgan fingerprint density at radius 3 is 2.52 bits per heavy atom. The maximum atomic E-state index is 13.2. The molecule has 218 valence electrons. The molecule has 2 aromatic carbocycles. The molecule has 2 N–H and O–H groups in total. The number of carbonyl (C=O) groups excluding carboxylic acids is 1. The van der Waals surface area contributed by atoms with Crippen molar-refractivity contribution in [3.8, 4) is 5.75 Å². The average Bonchev–Trinajstić information content (AvgIpc) is 3.48. The van der Waals surface area contributed by atoms with E-state index >= 15 is 0 Å². The number of benzene rings is 2. The van der Waals surface area contributed by atoms with Crippen molar-refractivity contribution in [2.45, 2.75) is 25.6 Å². The van der Waals surface area contributed by atoms with Gasteiger partial charge < -0.3 is 40.7 Å². The van der Waals surface area contributed by atoms with Gasteiger partial charge in [-0.1, -0.05) is 66.2 Å². The van der Waals surface area contributed by atoms with Crippen molar-refractivity contribution in [1.82, 2.24) is 20.4 Å². The minimum atomic E-state index is -1.05. The van der Waals surface area contributed by atoms with E-state index < -0.39 is 5.97 Å². The quantitative estimate of drug-likeness (QED) is 0.117. The van der Waals surface area contributed by atoms with E-state index in [0.29, 0.717) is 37.4 Å². The van der Waals surface area contributed by atoms with Crippen LogP contribution in [0.1, 0.15) is 39.3 Å². The molecule has 1 fully saturated rings. The smallest absolute Gasteiger partial charge is 0.570 e. The minimum absolute atomic E-state index is 0. The number of methoxy groups -OCH3 is 2. The van der Waals surface area contributed by atoms with Crippen LogP contribution in [0.25, 0.3) is 0 Å². The third-order valence-corrected chi connectivity index (χ3v) is 6.32. The van der Waals surface area contributed by atoms with Gasteiger partial charge in [-0.3, -0.25) is 9.59 Å². The van der Waals surface area contributed by atoms with Crippen molar-refractivity contribution in [3.05, 3.63) is 101 Å². The van der Waals surface area contributed by atoms with E-state index in [0.717, 1.165) is 23.3 Å². The molecule has 0 bridgehead atoms. The Morgan fingerprint density at radius 2 is 1.86 bits per heavy atom. The number of hydrogen-bond donors (Lipinski definition) is 2. The molecule has 1 amide bonds. The zero-order valence-electron chi connectivity index (χ0n) is 23.3. The molecular weight excluding hydrogens is 710 g/mol. The second kappa shape index (κ2) is 16.4. The molecule has 12 heteroatoms. The summed E-state index contributed by atoms with van der Waals surface area (Å²) in [6.45, 7) is 1.18. The fraction of sp³-hybridized carbons (Fsp3) is 0.300. The van der Waals surface area contributed by atoms with Crippen LogP contribution in [0.3, 0.4) is 0 Å². The zero-order valence-corrected chi connectivity index (χ0v) is 26.2. The summed E-state index contributed by atoms with van der Waals surface area (Å²) in [4.78, 5) is 29.7. The topological polar surface area (TPSA) is 135 Å². The van der Waals surface area contributed by atoms with Crippen molar-refractivity contribution in [3.63, 3.8) is 0 Å². The van der Waals surface area contributed by atoms with Crippen LogP contribution in [0.4, 0.5) is 0 Å². The molecule has 3 aromatic rings. The van der Waals surface area contributed by atoms with Crippen LogP contribution < -0.4 is 10.1 Å². The van der Waals surface area contributed by atoms with E-state index in [4.69, 9.17) is 19.3 Å². The van der Waals surface area contributed by atoms with Crippen molar-refractivity contribution in [2.24, 2.45) is 4.99 Å². The van der Waals surface area contributed by atoms with Gasteiger partial charge in [0.15, 0.2) is 0 Å². The van der Waals surface area contributed by atoms with Crippen molar-refractivity contribution in [2.75, 3.05) is 33.9 Å². The molecule has 0 aliphatic carbocycles. The van der Waals surface area contributed by atoms with Crippen molar-refractivity contribution in [1.29, 1.82) is 0 Å². The van der Waals surface area contributed by atoms with Gasteiger partial charge in [0.05, 0.1) is 19.8 Å². The van der Waals surface area contributed by atoms with Crippen LogP contribution in [0, 0.1) is 6.20 Å². The Morgan fingerprint density at radius 1 is 1.10 bits per heavy atom. The summed E-state index contributed by atoms with van der Waals surface area (Å²) in [6, 6.07) is 19.3. The molecule has 1 aromatic heterocycles. The van der Waals surface area contributed by atoms with Gasteiger partial charge in [-0.25, -0.2) is 0 Å². The molecule has 1 atom stereocenters. The Labute approximate surface area is 258 Å². The monoisotopic (exact) mass is 741 g/mol. The van der Waals surface area contributed by atoms with E-state index in [2.05, 4.69) is 32.9 Å². The summed E-state index contributed by atoms with van der Waals surface area (Å²) in [7, 11) is 3.00. The molecule has 0 saturated carbocycles. The maximum absolute atomic E-state index is 13.2. The van der Waals surface area contributed by atoms with Crippen LogP contribution in [0.2, 0.25) is 0 Å². The third-order valence-electron chi connectivity index (χ3n) is 6.32. The Hall–Kier alpha value is -4.08. The van der Waals surface area contributed by atoms with Gasteiger partial charge in [-0.2, -0.15) is 5.10 Å². The molecule has 1 aliphatic rings. The molecule has 11 nitrogen and oxygen atoms in total. The number of hydrogen-bond acceptors (Lipinski definition) is 9. The number of aromatic nitrogens is 2. The average molecular weight is 741 g/mol. The summed E-state index contributed by atoms with van der Waals surface area (Å²) in [5, 5.41) is 19.6. The molecule has 42 heavy (non-hydrogen) atoms. The van der Waals surface area contributed by atoms with Crippen LogP contribution in [-0.4, -0.2) is 78.3 Å². The summed E-state index contributed by atoms with van der Waals surface area (Å²) >= 11 is 0. The fourth-order valence-electron chi connectivity index (χ4n) is 4.12. The molecule has 1 saturated heterocycles. The number of ether oxygens (including phenoxy) is 3. The first-order chi connectivity index (χ1) is 19.9. The first-order valence-electron chi connectivity index (χ1n) is 13.0. The zero-order chi connectivity index (χ0) is 29.0. The maximum Gasteiger partial charge on any atom is 2.00 e. The number of aliphatic imine (C=N–C) groups is 1. The second-order valence-corrected chi connectivity index (χ2v) is 9.20. The Kier molecular flexibility index (Phi) is 12.7. The number of amides is 1. The number of aliphatic carboxylic acids is 1. The first kappa shape index (κ1) is 32.4. The van der Waals surface area contributed by atoms with E-state index in [9.17, 15) is 9.59 Å². The summed E-state index contributed by atoms with van der Waals surface area (Å²) in [5.41, 5.74) is 3.20. The van der Waals surface area contributed by atoms with Gasteiger partial charge in [0.25, 0.3) is 5.91 Å². The number of likely N-dealkylation sites (tertiary alicyclic amines) is 1. The van der Waals surface area contributed by atoms with Crippen LogP contribution in [-0.2, 0) is 48.4 Å². The van der Waals surface area contributed by atoms with E-state index in [1.165, 1.54) is 7.11 Å². The number of nitrogens with one attached hydrogen (secondary N) is 1. The van der Waals surface area contributed by atoms with Gasteiger partial charge in [0, 0.05) is 20.2 Å². The molecule has 2 heterocycles. The normalized spacial score (nSPS) is 14.9. The Bertz CT molecular complexity index is 1380. The molecule has 0 spiro atoms. The summed E-state index contributed by atoms with van der Waals surface area (Å²) in [6.07, 6.45) is 6.52. The number of carboxylic acids is 1. The molecule has 4 rings (SSSR count). The predicted molar refractivity (Wildman–Crippen MR) is 149 cm³/mol. The fourth-order valence-corrected chi connectivity index (χ4v) is 4.12.